The monoisotopic (exact) mass is 486 g/mol. The van der Waals surface area contributed by atoms with Gasteiger partial charge in [0.05, 0.1) is 6.04 Å². The van der Waals surface area contributed by atoms with E-state index in [9.17, 15) is 0 Å². The molecular formula is C28H34N6S. The lowest BCUT2D eigenvalue weighted by Crippen LogP contribution is -2.36. The zero-order valence-corrected chi connectivity index (χ0v) is 21.4. The summed E-state index contributed by atoms with van der Waals surface area (Å²) in [5, 5.41) is 7.18. The van der Waals surface area contributed by atoms with Crippen molar-refractivity contribution in [2.45, 2.75) is 45.7 Å². The molecule has 0 spiro atoms. The number of hydrogen-bond donors (Lipinski definition) is 2. The molecule has 5 rings (SSSR count). The van der Waals surface area contributed by atoms with E-state index < -0.39 is 0 Å². The second-order valence-electron chi connectivity index (χ2n) is 9.77. The quantitative estimate of drug-likeness (QED) is 0.473. The first-order valence-corrected chi connectivity index (χ1v) is 13.0. The Hall–Kier alpha value is -3.19. The summed E-state index contributed by atoms with van der Waals surface area (Å²) in [5.74, 6) is 3.13. The zero-order valence-electron chi connectivity index (χ0n) is 20.6. The van der Waals surface area contributed by atoms with Crippen molar-refractivity contribution in [3.05, 3.63) is 77.4 Å². The molecule has 6 nitrogen and oxygen atoms in total. The van der Waals surface area contributed by atoms with Gasteiger partial charge in [0, 0.05) is 32.2 Å². The molecule has 2 aromatic carbocycles. The molecule has 2 aliphatic rings. The van der Waals surface area contributed by atoms with Gasteiger partial charge in [-0.15, -0.1) is 0 Å². The first-order chi connectivity index (χ1) is 17.0. The Kier molecular flexibility index (Phi) is 7.13. The molecule has 182 valence electrons. The third-order valence-corrected chi connectivity index (χ3v) is 7.23. The van der Waals surface area contributed by atoms with Gasteiger partial charge in [0.2, 0.25) is 5.95 Å². The van der Waals surface area contributed by atoms with Crippen LogP contribution in [-0.4, -0.2) is 34.7 Å². The number of nitrogens with zero attached hydrogens (tertiary/aromatic N) is 4. The first kappa shape index (κ1) is 23.5. The van der Waals surface area contributed by atoms with Crippen LogP contribution >= 0.6 is 12.2 Å². The molecule has 3 heterocycles. The molecule has 35 heavy (non-hydrogen) atoms. The van der Waals surface area contributed by atoms with E-state index in [2.05, 4.69) is 76.7 Å². The summed E-state index contributed by atoms with van der Waals surface area (Å²) in [4.78, 5) is 14.6. The molecule has 0 amide bonds. The number of rotatable bonds is 5. The average Bonchev–Trinajstić information content (AvgIpc) is 2.88. The van der Waals surface area contributed by atoms with Crippen LogP contribution in [0.25, 0.3) is 0 Å². The molecule has 2 aliphatic heterocycles. The lowest BCUT2D eigenvalue weighted by Gasteiger charge is -2.34. The molecule has 7 heteroatoms. The normalized spacial score (nSPS) is 18.5. The molecule has 0 radical (unpaired) electrons. The summed E-state index contributed by atoms with van der Waals surface area (Å²) in [7, 11) is 0. The van der Waals surface area contributed by atoms with Crippen LogP contribution in [0.15, 0.2) is 60.7 Å². The van der Waals surface area contributed by atoms with Crippen LogP contribution in [0, 0.1) is 5.92 Å². The smallest absolute Gasteiger partial charge is 0.232 e. The Morgan fingerprint density at radius 2 is 1.69 bits per heavy atom. The van der Waals surface area contributed by atoms with Crippen LogP contribution in [0.4, 0.5) is 17.6 Å². The lowest BCUT2D eigenvalue weighted by atomic mass is 10.00. The third kappa shape index (κ3) is 5.73. The van der Waals surface area contributed by atoms with Crippen LogP contribution in [-0.2, 0) is 13.0 Å². The maximum Gasteiger partial charge on any atom is 0.232 e. The van der Waals surface area contributed by atoms with Crippen molar-refractivity contribution >= 4 is 34.9 Å². The van der Waals surface area contributed by atoms with Crippen molar-refractivity contribution < 1.29 is 0 Å². The fourth-order valence-corrected chi connectivity index (χ4v) is 5.32. The molecule has 0 bridgehead atoms. The molecule has 0 unspecified atom stereocenters. The largest absolute Gasteiger partial charge is 0.356 e. The van der Waals surface area contributed by atoms with Crippen molar-refractivity contribution in [1.29, 1.82) is 0 Å². The second-order valence-corrected chi connectivity index (χ2v) is 10.2. The van der Waals surface area contributed by atoms with Gasteiger partial charge in [-0.05, 0) is 61.0 Å². The van der Waals surface area contributed by atoms with Crippen LogP contribution in [0.2, 0.25) is 0 Å². The van der Waals surface area contributed by atoms with E-state index >= 15 is 0 Å². The lowest BCUT2D eigenvalue weighted by molar-refractivity contribution is 0.444. The van der Waals surface area contributed by atoms with Gasteiger partial charge >= 0.3 is 0 Å². The molecule has 0 aliphatic carbocycles. The summed E-state index contributed by atoms with van der Waals surface area (Å²) >= 11 is 5.65. The minimum absolute atomic E-state index is 0.0837. The van der Waals surface area contributed by atoms with Crippen molar-refractivity contribution in [2.24, 2.45) is 5.92 Å². The molecule has 3 aromatic rings. The minimum atomic E-state index is 0.0837. The van der Waals surface area contributed by atoms with Gasteiger partial charge in [-0.3, -0.25) is 0 Å². The molecule has 1 aromatic heterocycles. The predicted molar refractivity (Wildman–Crippen MR) is 148 cm³/mol. The van der Waals surface area contributed by atoms with Crippen molar-refractivity contribution in [3.8, 4) is 0 Å². The zero-order chi connectivity index (χ0) is 24.2. The number of piperidine rings is 1. The van der Waals surface area contributed by atoms with E-state index in [1.165, 1.54) is 29.5 Å². The maximum absolute atomic E-state index is 5.65. The van der Waals surface area contributed by atoms with Gasteiger partial charge in [-0.1, -0.05) is 61.5 Å². The summed E-state index contributed by atoms with van der Waals surface area (Å²) in [6.07, 6.45) is 3.48. The standard InChI is InChI=1S/C28H34N6S/c1-20-9-8-15-33(18-20)25-17-26(34-16-14-23-12-6-7-13-24(23)19-34)31-27(30-25)32-28(35)29-21(2)22-10-4-3-5-11-22/h3-7,10-13,17,20-21H,8-9,14-16,18-19H2,1-2H3,(H2,29,30,31,32,35)/t20-,21+/m0/s1. The minimum Gasteiger partial charge on any atom is -0.356 e. The average molecular weight is 487 g/mol. The van der Waals surface area contributed by atoms with Crippen LogP contribution in [0.5, 0.6) is 0 Å². The molecule has 2 N–H and O–H groups in total. The molecule has 2 atom stereocenters. The fourth-order valence-electron chi connectivity index (χ4n) is 5.05. The highest BCUT2D eigenvalue weighted by Crippen LogP contribution is 2.29. The summed E-state index contributed by atoms with van der Waals surface area (Å²) in [6.45, 7) is 8.27. The number of thiocarbonyl (C=S) groups is 1. The second kappa shape index (κ2) is 10.6. The van der Waals surface area contributed by atoms with Crippen molar-refractivity contribution in [1.82, 2.24) is 15.3 Å². The van der Waals surface area contributed by atoms with Gasteiger partial charge in [0.15, 0.2) is 5.11 Å². The van der Waals surface area contributed by atoms with E-state index in [1.54, 1.807) is 0 Å². The highest BCUT2D eigenvalue weighted by atomic mass is 32.1. The van der Waals surface area contributed by atoms with E-state index in [0.717, 1.165) is 44.2 Å². The number of nitrogens with one attached hydrogen (secondary N) is 2. The predicted octanol–water partition coefficient (Wildman–Crippen LogP) is 5.32. The Labute approximate surface area is 213 Å². The highest BCUT2D eigenvalue weighted by molar-refractivity contribution is 7.80. The number of fused-ring (bicyclic) bond motifs is 1. The molecule has 1 saturated heterocycles. The van der Waals surface area contributed by atoms with E-state index in [0.29, 0.717) is 17.0 Å². The van der Waals surface area contributed by atoms with Crippen LogP contribution < -0.4 is 20.4 Å². The fraction of sp³-hybridized carbons (Fsp3) is 0.393. The van der Waals surface area contributed by atoms with Crippen molar-refractivity contribution in [2.75, 3.05) is 34.8 Å². The van der Waals surface area contributed by atoms with Crippen molar-refractivity contribution in [3.63, 3.8) is 0 Å². The van der Waals surface area contributed by atoms with Gasteiger partial charge in [0.1, 0.15) is 11.6 Å². The topological polar surface area (TPSA) is 56.3 Å². The number of benzene rings is 2. The Morgan fingerprint density at radius 3 is 2.46 bits per heavy atom. The summed E-state index contributed by atoms with van der Waals surface area (Å²) in [6, 6.07) is 21.2. The first-order valence-electron chi connectivity index (χ1n) is 12.6. The van der Waals surface area contributed by atoms with E-state index in [4.69, 9.17) is 22.2 Å². The SMILES string of the molecule is C[C@H]1CCCN(c2cc(N3CCc4ccccc4C3)nc(NC(=S)N[C@H](C)c3ccccc3)n2)C1. The van der Waals surface area contributed by atoms with Gasteiger partial charge in [-0.2, -0.15) is 9.97 Å². The van der Waals surface area contributed by atoms with Gasteiger partial charge in [-0.25, -0.2) is 0 Å². The number of hydrogen-bond acceptors (Lipinski definition) is 5. The molecular weight excluding hydrogens is 452 g/mol. The van der Waals surface area contributed by atoms with Crippen LogP contribution in [0.3, 0.4) is 0 Å². The van der Waals surface area contributed by atoms with Gasteiger partial charge in [0.25, 0.3) is 0 Å². The Morgan fingerprint density at radius 1 is 0.971 bits per heavy atom. The van der Waals surface area contributed by atoms with Crippen LogP contribution in [0.1, 0.15) is 49.4 Å². The summed E-state index contributed by atoms with van der Waals surface area (Å²) in [5.41, 5.74) is 3.98. The number of aromatic nitrogens is 2. The summed E-state index contributed by atoms with van der Waals surface area (Å²) < 4.78 is 0. The maximum atomic E-state index is 5.65. The van der Waals surface area contributed by atoms with E-state index in [-0.39, 0.29) is 6.04 Å². The molecule has 1 fully saturated rings. The third-order valence-electron chi connectivity index (χ3n) is 7.01. The Bertz CT molecular complexity index is 1170. The van der Waals surface area contributed by atoms with Gasteiger partial charge < -0.3 is 20.4 Å². The number of anilines is 3. The molecule has 0 saturated carbocycles. The highest BCUT2D eigenvalue weighted by Gasteiger charge is 2.23. The Balaban J connectivity index is 1.38. The van der Waals surface area contributed by atoms with E-state index in [1.807, 2.05) is 18.2 Å².